The van der Waals surface area contributed by atoms with Crippen molar-refractivity contribution in [1.82, 2.24) is 10.2 Å². The molecule has 1 spiro atoms. The number of fused-ring (bicyclic) bond motifs is 1. The van der Waals surface area contributed by atoms with E-state index in [2.05, 4.69) is 5.32 Å². The summed E-state index contributed by atoms with van der Waals surface area (Å²) in [5, 5.41) is 4.85. The lowest BCUT2D eigenvalue weighted by molar-refractivity contribution is -0.000764. The average molecular weight is 372 g/mol. The highest BCUT2D eigenvalue weighted by atomic mass is 32.1. The van der Waals surface area contributed by atoms with Crippen molar-refractivity contribution in [2.24, 2.45) is 0 Å². The Morgan fingerprint density at radius 2 is 2.27 bits per heavy atom. The van der Waals surface area contributed by atoms with E-state index >= 15 is 0 Å². The predicted molar refractivity (Wildman–Crippen MR) is 98.1 cm³/mol. The standard InChI is InChI=1S/C19H20N2O4S/c1-24-13-5-6-14-15(10-13)25-19(11-20-17(14)22)7-3-8-21(12-19)18(23)16-4-2-9-26-16/h2,4-6,9-10H,3,7-8,11-12H2,1H3,(H,20,22). The summed E-state index contributed by atoms with van der Waals surface area (Å²) in [5.74, 6) is 0.992. The highest BCUT2D eigenvalue weighted by Gasteiger charge is 2.42. The molecular formula is C19H20N2O4S. The van der Waals surface area contributed by atoms with Gasteiger partial charge in [-0.1, -0.05) is 6.07 Å². The van der Waals surface area contributed by atoms with E-state index in [9.17, 15) is 9.59 Å². The van der Waals surface area contributed by atoms with Crippen LogP contribution in [-0.4, -0.2) is 49.1 Å². The Balaban J connectivity index is 1.62. The Labute approximate surface area is 155 Å². The smallest absolute Gasteiger partial charge is 0.264 e. The first-order chi connectivity index (χ1) is 12.6. The van der Waals surface area contributed by atoms with Gasteiger partial charge in [0.2, 0.25) is 0 Å². The minimum atomic E-state index is -0.627. The molecule has 26 heavy (non-hydrogen) atoms. The van der Waals surface area contributed by atoms with Crippen molar-refractivity contribution >= 4 is 23.2 Å². The molecule has 2 aliphatic heterocycles. The molecular weight excluding hydrogens is 352 g/mol. The van der Waals surface area contributed by atoms with Crippen molar-refractivity contribution in [2.45, 2.75) is 18.4 Å². The quantitative estimate of drug-likeness (QED) is 0.880. The third-order valence-electron chi connectivity index (χ3n) is 4.89. The molecule has 1 N–H and O–H groups in total. The van der Waals surface area contributed by atoms with Gasteiger partial charge in [0.05, 0.1) is 30.6 Å². The maximum atomic E-state index is 12.8. The summed E-state index contributed by atoms with van der Waals surface area (Å²) in [6.45, 7) is 1.51. The van der Waals surface area contributed by atoms with Crippen LogP contribution in [-0.2, 0) is 0 Å². The van der Waals surface area contributed by atoms with Crippen LogP contribution in [0.15, 0.2) is 35.7 Å². The molecule has 1 aromatic heterocycles. The molecule has 1 fully saturated rings. The van der Waals surface area contributed by atoms with Gasteiger partial charge in [0.1, 0.15) is 17.1 Å². The molecule has 2 amide bonds. The third-order valence-corrected chi connectivity index (χ3v) is 5.75. The fourth-order valence-corrected chi connectivity index (χ4v) is 4.25. The zero-order chi connectivity index (χ0) is 18.1. The summed E-state index contributed by atoms with van der Waals surface area (Å²) in [5.41, 5.74) is -0.136. The van der Waals surface area contributed by atoms with Gasteiger partial charge in [-0.25, -0.2) is 0 Å². The van der Waals surface area contributed by atoms with Gasteiger partial charge in [-0.3, -0.25) is 9.59 Å². The van der Waals surface area contributed by atoms with E-state index in [1.807, 2.05) is 22.4 Å². The molecule has 7 heteroatoms. The summed E-state index contributed by atoms with van der Waals surface area (Å²) in [4.78, 5) is 27.7. The van der Waals surface area contributed by atoms with Crippen molar-refractivity contribution in [1.29, 1.82) is 0 Å². The second-order valence-electron chi connectivity index (χ2n) is 6.64. The van der Waals surface area contributed by atoms with Crippen LogP contribution in [0.3, 0.4) is 0 Å². The monoisotopic (exact) mass is 372 g/mol. The van der Waals surface area contributed by atoms with Crippen LogP contribution >= 0.6 is 11.3 Å². The number of amides is 2. The molecule has 2 aromatic rings. The van der Waals surface area contributed by atoms with Crippen LogP contribution < -0.4 is 14.8 Å². The number of ether oxygens (including phenoxy) is 2. The largest absolute Gasteiger partial charge is 0.497 e. The molecule has 136 valence electrons. The maximum absolute atomic E-state index is 12.8. The fourth-order valence-electron chi connectivity index (χ4n) is 3.56. The third kappa shape index (κ3) is 3.03. The number of nitrogens with zero attached hydrogens (tertiary/aromatic N) is 1. The summed E-state index contributed by atoms with van der Waals surface area (Å²) >= 11 is 1.44. The van der Waals surface area contributed by atoms with Gasteiger partial charge in [0.25, 0.3) is 11.8 Å². The van der Waals surface area contributed by atoms with Crippen LogP contribution in [0.4, 0.5) is 0 Å². The number of carbonyl (C=O) groups is 2. The molecule has 0 saturated carbocycles. The average Bonchev–Trinajstić information content (AvgIpc) is 3.16. The summed E-state index contributed by atoms with van der Waals surface area (Å²) in [6.07, 6.45) is 1.60. The van der Waals surface area contributed by atoms with Gasteiger partial charge in [0, 0.05) is 12.6 Å². The topological polar surface area (TPSA) is 67.9 Å². The zero-order valence-corrected chi connectivity index (χ0v) is 15.3. The Hall–Kier alpha value is -2.54. The molecule has 1 atom stereocenters. The van der Waals surface area contributed by atoms with E-state index in [4.69, 9.17) is 9.47 Å². The van der Waals surface area contributed by atoms with E-state index in [0.29, 0.717) is 36.7 Å². The fraction of sp³-hybridized carbons (Fsp3) is 0.368. The Morgan fingerprint density at radius 3 is 3.04 bits per heavy atom. The van der Waals surface area contributed by atoms with Crippen LogP contribution in [0.5, 0.6) is 11.5 Å². The van der Waals surface area contributed by atoms with E-state index in [1.54, 1.807) is 25.3 Å². The van der Waals surface area contributed by atoms with E-state index in [1.165, 1.54) is 11.3 Å². The van der Waals surface area contributed by atoms with Gasteiger partial charge >= 0.3 is 0 Å². The molecule has 1 unspecified atom stereocenters. The summed E-state index contributed by atoms with van der Waals surface area (Å²) in [6, 6.07) is 8.90. The molecule has 6 nitrogen and oxygen atoms in total. The van der Waals surface area contributed by atoms with Crippen molar-refractivity contribution in [3.8, 4) is 11.5 Å². The number of rotatable bonds is 2. The zero-order valence-electron chi connectivity index (χ0n) is 14.5. The number of nitrogens with one attached hydrogen (secondary N) is 1. The van der Waals surface area contributed by atoms with E-state index in [-0.39, 0.29) is 11.8 Å². The minimum Gasteiger partial charge on any atom is -0.497 e. The second kappa shape index (κ2) is 6.64. The number of methoxy groups -OCH3 is 1. The maximum Gasteiger partial charge on any atom is 0.264 e. The Morgan fingerprint density at radius 1 is 1.38 bits per heavy atom. The Bertz CT molecular complexity index is 836. The van der Waals surface area contributed by atoms with Gasteiger partial charge in [0.15, 0.2) is 0 Å². The molecule has 0 radical (unpaired) electrons. The van der Waals surface area contributed by atoms with Crippen LogP contribution in [0.25, 0.3) is 0 Å². The predicted octanol–water partition coefficient (Wildman–Crippen LogP) is 2.55. The van der Waals surface area contributed by atoms with Gasteiger partial charge < -0.3 is 19.7 Å². The lowest BCUT2D eigenvalue weighted by Gasteiger charge is -2.42. The molecule has 0 aliphatic carbocycles. The van der Waals surface area contributed by atoms with Crippen LogP contribution in [0, 0.1) is 0 Å². The highest BCUT2D eigenvalue weighted by Crippen LogP contribution is 2.34. The number of hydrogen-bond donors (Lipinski definition) is 1. The van der Waals surface area contributed by atoms with Crippen molar-refractivity contribution in [3.63, 3.8) is 0 Å². The molecule has 4 rings (SSSR count). The first-order valence-corrected chi connectivity index (χ1v) is 9.46. The van der Waals surface area contributed by atoms with Gasteiger partial charge in [-0.05, 0) is 36.4 Å². The summed E-state index contributed by atoms with van der Waals surface area (Å²) < 4.78 is 11.6. The number of benzene rings is 1. The number of thiophene rings is 1. The lowest BCUT2D eigenvalue weighted by atomic mass is 9.92. The van der Waals surface area contributed by atoms with E-state index < -0.39 is 5.60 Å². The Kier molecular flexibility index (Phi) is 4.32. The normalized spacial score (nSPS) is 22.2. The van der Waals surface area contributed by atoms with Crippen LogP contribution in [0.2, 0.25) is 0 Å². The number of piperidine rings is 1. The van der Waals surface area contributed by atoms with Crippen molar-refractivity contribution < 1.29 is 19.1 Å². The molecule has 1 saturated heterocycles. The first kappa shape index (κ1) is 16.9. The van der Waals surface area contributed by atoms with Gasteiger partial charge in [-0.15, -0.1) is 11.3 Å². The van der Waals surface area contributed by atoms with E-state index in [0.717, 1.165) is 17.7 Å². The molecule has 0 bridgehead atoms. The number of likely N-dealkylation sites (tertiary alicyclic amines) is 1. The molecule has 3 heterocycles. The number of hydrogen-bond acceptors (Lipinski definition) is 5. The highest BCUT2D eigenvalue weighted by molar-refractivity contribution is 7.12. The lowest BCUT2D eigenvalue weighted by Crippen LogP contribution is -2.57. The van der Waals surface area contributed by atoms with Gasteiger partial charge in [-0.2, -0.15) is 0 Å². The van der Waals surface area contributed by atoms with Crippen molar-refractivity contribution in [3.05, 3.63) is 46.2 Å². The first-order valence-electron chi connectivity index (χ1n) is 8.58. The molecule has 1 aromatic carbocycles. The number of carbonyl (C=O) groups excluding carboxylic acids is 2. The van der Waals surface area contributed by atoms with Crippen LogP contribution in [0.1, 0.15) is 32.9 Å². The summed E-state index contributed by atoms with van der Waals surface area (Å²) in [7, 11) is 1.58. The second-order valence-corrected chi connectivity index (χ2v) is 7.59. The minimum absolute atomic E-state index is 0.0177. The molecule has 2 aliphatic rings. The van der Waals surface area contributed by atoms with Crippen molar-refractivity contribution in [2.75, 3.05) is 26.7 Å². The SMILES string of the molecule is COc1ccc2c(c1)OC1(CCCN(C(=O)c3cccs3)C1)CNC2=O.